The first kappa shape index (κ1) is 17.6. The van der Waals surface area contributed by atoms with Crippen molar-refractivity contribution >= 4 is 5.91 Å². The normalized spacial score (nSPS) is 12.7. The van der Waals surface area contributed by atoms with E-state index in [1.165, 1.54) is 0 Å². The summed E-state index contributed by atoms with van der Waals surface area (Å²) in [6.45, 7) is 2.06. The van der Waals surface area contributed by atoms with E-state index in [1.807, 2.05) is 37.3 Å². The van der Waals surface area contributed by atoms with Gasteiger partial charge in [-0.25, -0.2) is 0 Å². The monoisotopic (exact) mass is 323 g/mol. The first-order valence-corrected chi connectivity index (χ1v) is 7.80. The molecule has 0 aliphatic heterocycles. The van der Waals surface area contributed by atoms with E-state index in [2.05, 4.69) is 11.2 Å². The molecule has 2 rings (SSSR count). The minimum Gasteiger partial charge on any atom is -0.481 e. The quantitative estimate of drug-likeness (QED) is 0.770. The fourth-order valence-corrected chi connectivity index (χ4v) is 2.34. The third kappa shape index (κ3) is 5.15. The van der Waals surface area contributed by atoms with Gasteiger partial charge in [0.1, 0.15) is 12.4 Å². The lowest BCUT2D eigenvalue weighted by Gasteiger charge is -2.18. The van der Waals surface area contributed by atoms with Gasteiger partial charge in [-0.2, -0.15) is 0 Å². The summed E-state index contributed by atoms with van der Waals surface area (Å²) < 4.78 is 5.27. The van der Waals surface area contributed by atoms with E-state index in [1.54, 1.807) is 24.3 Å². The lowest BCUT2D eigenvalue weighted by atomic mass is 10.0. The lowest BCUT2D eigenvalue weighted by Crippen LogP contribution is -2.33. The van der Waals surface area contributed by atoms with Gasteiger partial charge < -0.3 is 15.2 Å². The molecule has 24 heavy (non-hydrogen) atoms. The summed E-state index contributed by atoms with van der Waals surface area (Å²) in [7, 11) is 0. The molecule has 2 aromatic rings. The first-order chi connectivity index (χ1) is 11.6. The maximum absolute atomic E-state index is 12.2. The molecule has 1 amide bonds. The summed E-state index contributed by atoms with van der Waals surface area (Å²) in [5.74, 6) is 2.82. The average molecular weight is 323 g/mol. The van der Waals surface area contributed by atoms with Crippen LogP contribution in [-0.2, 0) is 0 Å². The fourth-order valence-electron chi connectivity index (χ4n) is 2.34. The molecule has 0 bridgehead atoms. The second-order valence-electron chi connectivity index (χ2n) is 5.55. The molecule has 4 nitrogen and oxygen atoms in total. The van der Waals surface area contributed by atoms with Crippen molar-refractivity contribution in [3.8, 4) is 18.1 Å². The zero-order valence-corrected chi connectivity index (χ0v) is 13.6. The van der Waals surface area contributed by atoms with Crippen LogP contribution in [0.15, 0.2) is 54.6 Å². The Hall–Kier alpha value is -2.77. The van der Waals surface area contributed by atoms with Gasteiger partial charge in [0.15, 0.2) is 0 Å². The number of hydrogen-bond acceptors (Lipinski definition) is 3. The van der Waals surface area contributed by atoms with Gasteiger partial charge in [0.05, 0.1) is 6.10 Å². The van der Waals surface area contributed by atoms with Crippen molar-refractivity contribution in [3.63, 3.8) is 0 Å². The molecular formula is C20H21NO3. The summed E-state index contributed by atoms with van der Waals surface area (Å²) in [4.78, 5) is 12.2. The van der Waals surface area contributed by atoms with E-state index in [4.69, 9.17) is 11.2 Å². The van der Waals surface area contributed by atoms with Crippen LogP contribution in [0.5, 0.6) is 5.75 Å². The molecule has 2 N–H and O–H groups in total. The van der Waals surface area contributed by atoms with Gasteiger partial charge in [-0.1, -0.05) is 36.3 Å². The standard InChI is InChI=1S/C20H21NO3/c1-3-13-24-18-11-9-17(10-12-18)20(23)21-15(2)14-19(22)16-7-5-4-6-8-16/h1,4-12,15,19,22H,13-14H2,2H3,(H,21,23). The van der Waals surface area contributed by atoms with Crippen LogP contribution in [0.25, 0.3) is 0 Å². The van der Waals surface area contributed by atoms with E-state index in [9.17, 15) is 9.90 Å². The van der Waals surface area contributed by atoms with Gasteiger partial charge in [0.25, 0.3) is 5.91 Å². The number of amides is 1. The molecule has 0 aliphatic rings. The highest BCUT2D eigenvalue weighted by Crippen LogP contribution is 2.18. The molecule has 2 atom stereocenters. The molecule has 124 valence electrons. The number of carbonyl (C=O) groups is 1. The highest BCUT2D eigenvalue weighted by molar-refractivity contribution is 5.94. The van der Waals surface area contributed by atoms with Crippen LogP contribution < -0.4 is 10.1 Å². The molecular weight excluding hydrogens is 302 g/mol. The topological polar surface area (TPSA) is 58.6 Å². The molecule has 0 radical (unpaired) electrons. The van der Waals surface area contributed by atoms with Crippen molar-refractivity contribution in [2.24, 2.45) is 0 Å². The number of rotatable bonds is 7. The largest absolute Gasteiger partial charge is 0.481 e. The van der Waals surface area contributed by atoms with Crippen molar-refractivity contribution < 1.29 is 14.6 Å². The summed E-state index contributed by atoms with van der Waals surface area (Å²) in [6.07, 6.45) is 4.96. The van der Waals surface area contributed by atoms with Crippen molar-refractivity contribution in [3.05, 3.63) is 65.7 Å². The van der Waals surface area contributed by atoms with Gasteiger partial charge in [-0.05, 0) is 43.2 Å². The van der Waals surface area contributed by atoms with Gasteiger partial charge in [0.2, 0.25) is 0 Å². The van der Waals surface area contributed by atoms with Crippen molar-refractivity contribution in [1.82, 2.24) is 5.32 Å². The number of benzene rings is 2. The first-order valence-electron chi connectivity index (χ1n) is 7.80. The van der Waals surface area contributed by atoms with Crippen molar-refractivity contribution in [2.75, 3.05) is 6.61 Å². The zero-order chi connectivity index (χ0) is 17.4. The van der Waals surface area contributed by atoms with Gasteiger partial charge in [0, 0.05) is 11.6 Å². The number of aliphatic hydroxyl groups excluding tert-OH is 1. The summed E-state index contributed by atoms with van der Waals surface area (Å²) >= 11 is 0. The van der Waals surface area contributed by atoms with E-state index in [-0.39, 0.29) is 18.6 Å². The minimum absolute atomic E-state index is 0.162. The molecule has 0 saturated carbocycles. The maximum atomic E-state index is 12.2. The van der Waals surface area contributed by atoms with Crippen LogP contribution in [0, 0.1) is 12.3 Å². The smallest absolute Gasteiger partial charge is 0.251 e. The summed E-state index contributed by atoms with van der Waals surface area (Å²) in [6, 6.07) is 16.0. The molecule has 2 aromatic carbocycles. The molecule has 2 unspecified atom stereocenters. The SMILES string of the molecule is C#CCOc1ccc(C(=O)NC(C)CC(O)c2ccccc2)cc1. The molecule has 4 heteroatoms. The second-order valence-corrected chi connectivity index (χ2v) is 5.55. The molecule has 0 aromatic heterocycles. The average Bonchev–Trinajstić information content (AvgIpc) is 2.61. The number of carbonyl (C=O) groups excluding carboxylic acids is 1. The predicted molar refractivity (Wildman–Crippen MR) is 93.7 cm³/mol. The Morgan fingerprint density at radius 3 is 2.50 bits per heavy atom. The third-order valence-corrected chi connectivity index (χ3v) is 3.58. The van der Waals surface area contributed by atoms with Crippen LogP contribution in [0.2, 0.25) is 0 Å². The predicted octanol–water partition coefficient (Wildman–Crippen LogP) is 2.94. The van der Waals surface area contributed by atoms with Crippen LogP contribution >= 0.6 is 0 Å². The Kier molecular flexibility index (Phi) is 6.41. The van der Waals surface area contributed by atoms with E-state index in [0.717, 1.165) is 5.56 Å². The number of aliphatic hydroxyl groups is 1. The number of hydrogen-bond donors (Lipinski definition) is 2. The molecule has 0 saturated heterocycles. The number of nitrogens with one attached hydrogen (secondary N) is 1. The van der Waals surface area contributed by atoms with Gasteiger partial charge in [-0.3, -0.25) is 4.79 Å². The Morgan fingerprint density at radius 1 is 1.21 bits per heavy atom. The van der Waals surface area contributed by atoms with E-state index < -0.39 is 6.10 Å². The molecule has 0 spiro atoms. The summed E-state index contributed by atoms with van der Waals surface area (Å²) in [5, 5.41) is 13.1. The molecule has 0 heterocycles. The Balaban J connectivity index is 1.88. The molecule has 0 fully saturated rings. The fraction of sp³-hybridized carbons (Fsp3) is 0.250. The highest BCUT2D eigenvalue weighted by atomic mass is 16.5. The number of ether oxygens (including phenoxy) is 1. The van der Waals surface area contributed by atoms with Gasteiger partial charge in [-0.15, -0.1) is 6.42 Å². The second kappa shape index (κ2) is 8.76. The highest BCUT2D eigenvalue weighted by Gasteiger charge is 2.15. The third-order valence-electron chi connectivity index (χ3n) is 3.58. The van der Waals surface area contributed by atoms with Crippen LogP contribution in [0.3, 0.4) is 0 Å². The Labute approximate surface area is 142 Å². The minimum atomic E-state index is -0.610. The van der Waals surface area contributed by atoms with Crippen LogP contribution in [0.1, 0.15) is 35.4 Å². The van der Waals surface area contributed by atoms with Crippen molar-refractivity contribution in [1.29, 1.82) is 0 Å². The van der Waals surface area contributed by atoms with Crippen LogP contribution in [-0.4, -0.2) is 23.7 Å². The molecule has 0 aliphatic carbocycles. The van der Waals surface area contributed by atoms with Gasteiger partial charge >= 0.3 is 0 Å². The van der Waals surface area contributed by atoms with E-state index >= 15 is 0 Å². The van der Waals surface area contributed by atoms with Crippen LogP contribution in [0.4, 0.5) is 0 Å². The summed E-state index contributed by atoms with van der Waals surface area (Å²) in [5.41, 5.74) is 1.37. The van der Waals surface area contributed by atoms with Crippen molar-refractivity contribution in [2.45, 2.75) is 25.5 Å². The lowest BCUT2D eigenvalue weighted by molar-refractivity contribution is 0.0917. The van der Waals surface area contributed by atoms with E-state index in [0.29, 0.717) is 17.7 Å². The zero-order valence-electron chi connectivity index (χ0n) is 13.6. The maximum Gasteiger partial charge on any atom is 0.251 e. The number of terminal acetylenes is 1. The Bertz CT molecular complexity index is 689. The Morgan fingerprint density at radius 2 is 1.88 bits per heavy atom.